The van der Waals surface area contributed by atoms with Crippen LogP contribution in [0.5, 0.6) is 0 Å². The van der Waals surface area contributed by atoms with Crippen LogP contribution >= 0.6 is 0 Å². The summed E-state index contributed by atoms with van der Waals surface area (Å²) in [5.41, 5.74) is 3.96. The largest absolute Gasteiger partial charge is 0.360 e. The zero-order valence-electron chi connectivity index (χ0n) is 17.6. The third-order valence-corrected chi connectivity index (χ3v) is 7.37. The molecule has 2 aromatic rings. The fourth-order valence-corrected chi connectivity index (χ4v) is 5.69. The number of amides is 2. The molecule has 4 aliphatic rings. The predicted molar refractivity (Wildman–Crippen MR) is 113 cm³/mol. The van der Waals surface area contributed by atoms with Gasteiger partial charge in [0.05, 0.1) is 30.7 Å². The van der Waals surface area contributed by atoms with Crippen molar-refractivity contribution in [1.82, 2.24) is 20.0 Å². The average Bonchev–Trinajstić information content (AvgIpc) is 3.53. The number of fused-ring (bicyclic) bond motifs is 2. The highest BCUT2D eigenvalue weighted by Crippen LogP contribution is 2.52. The van der Waals surface area contributed by atoms with E-state index in [1.807, 2.05) is 22.0 Å². The molecule has 0 aliphatic carbocycles. The molecule has 0 unspecified atom stereocenters. The normalized spacial score (nSPS) is 30.7. The molecule has 0 radical (unpaired) electrons. The Morgan fingerprint density at radius 3 is 3.00 bits per heavy atom. The van der Waals surface area contributed by atoms with E-state index in [2.05, 4.69) is 41.4 Å². The summed E-state index contributed by atoms with van der Waals surface area (Å²) in [5.74, 6) is -0.769. The van der Waals surface area contributed by atoms with E-state index in [0.29, 0.717) is 26.2 Å². The number of carbonyl (C=O) groups is 2. The Hall–Kier alpha value is -2.93. The standard InChI is InChI=1S/C24H26N4O3/c1-15-2-4-16(5-3-15)7-10-28-14-24-9-6-19(31-24)20(21(24)23(28)30)22(29)27-11-8-18-17(13-27)12-25-26-18/h2-6,9,12,19-21H,7-8,10-11,13-14H2,1H3,(H,25,26)/t19-,20-,21-,24-/m0/s1. The van der Waals surface area contributed by atoms with Crippen molar-refractivity contribution >= 4 is 11.8 Å². The summed E-state index contributed by atoms with van der Waals surface area (Å²) >= 11 is 0. The van der Waals surface area contributed by atoms with Crippen LogP contribution in [-0.2, 0) is 33.7 Å². The van der Waals surface area contributed by atoms with E-state index in [9.17, 15) is 9.59 Å². The summed E-state index contributed by atoms with van der Waals surface area (Å²) in [4.78, 5) is 30.7. The molecule has 1 spiro atoms. The minimum absolute atomic E-state index is 0.0295. The number of likely N-dealkylation sites (tertiary alicyclic amines) is 1. The molecule has 1 aromatic carbocycles. The third-order valence-electron chi connectivity index (χ3n) is 7.37. The first-order chi connectivity index (χ1) is 15.0. The Kier molecular flexibility index (Phi) is 4.12. The van der Waals surface area contributed by atoms with Crippen molar-refractivity contribution in [3.05, 3.63) is 65.0 Å². The molecule has 7 nitrogen and oxygen atoms in total. The van der Waals surface area contributed by atoms with Gasteiger partial charge in [0.15, 0.2) is 0 Å². The number of aromatic nitrogens is 2. The van der Waals surface area contributed by atoms with Gasteiger partial charge in [-0.05, 0) is 18.9 Å². The van der Waals surface area contributed by atoms with E-state index in [1.165, 1.54) is 11.1 Å². The van der Waals surface area contributed by atoms with Crippen LogP contribution < -0.4 is 0 Å². The summed E-state index contributed by atoms with van der Waals surface area (Å²) in [7, 11) is 0. The maximum Gasteiger partial charge on any atom is 0.230 e. The van der Waals surface area contributed by atoms with Gasteiger partial charge in [0, 0.05) is 37.3 Å². The maximum absolute atomic E-state index is 13.5. The number of carbonyl (C=O) groups excluding carboxylic acids is 2. The second kappa shape index (κ2) is 6.79. The zero-order valence-corrected chi connectivity index (χ0v) is 17.6. The van der Waals surface area contributed by atoms with Crippen LogP contribution in [0, 0.1) is 18.8 Å². The molecule has 5 heterocycles. The molecule has 31 heavy (non-hydrogen) atoms. The molecule has 2 fully saturated rings. The lowest BCUT2D eigenvalue weighted by atomic mass is 9.76. The Labute approximate surface area is 181 Å². The van der Waals surface area contributed by atoms with Gasteiger partial charge in [-0.3, -0.25) is 14.7 Å². The van der Waals surface area contributed by atoms with Gasteiger partial charge in [0.1, 0.15) is 5.60 Å². The number of nitrogens with one attached hydrogen (secondary N) is 1. The minimum atomic E-state index is -0.647. The van der Waals surface area contributed by atoms with E-state index in [-0.39, 0.29) is 17.9 Å². The van der Waals surface area contributed by atoms with E-state index in [1.54, 1.807) is 6.20 Å². The number of aromatic amines is 1. The van der Waals surface area contributed by atoms with E-state index < -0.39 is 17.4 Å². The highest BCUT2D eigenvalue weighted by molar-refractivity contribution is 5.93. The molecule has 6 rings (SSSR count). The number of nitrogens with zero attached hydrogens (tertiary/aromatic N) is 3. The first-order valence-electron chi connectivity index (χ1n) is 11.1. The first-order valence-corrected chi connectivity index (χ1v) is 11.1. The van der Waals surface area contributed by atoms with Crippen molar-refractivity contribution < 1.29 is 14.3 Å². The van der Waals surface area contributed by atoms with E-state index in [0.717, 1.165) is 24.1 Å². The van der Waals surface area contributed by atoms with Gasteiger partial charge in [-0.1, -0.05) is 42.0 Å². The smallest absolute Gasteiger partial charge is 0.230 e. The lowest BCUT2D eigenvalue weighted by Gasteiger charge is -2.32. The molecular formula is C24H26N4O3. The Balaban J connectivity index is 1.20. The summed E-state index contributed by atoms with van der Waals surface area (Å²) in [6.45, 7) is 4.44. The Morgan fingerprint density at radius 1 is 1.32 bits per heavy atom. The molecule has 2 bridgehead atoms. The molecule has 1 aromatic heterocycles. The molecule has 160 valence electrons. The summed E-state index contributed by atoms with van der Waals surface area (Å²) in [5, 5.41) is 7.11. The second-order valence-electron chi connectivity index (χ2n) is 9.28. The fraction of sp³-hybridized carbons (Fsp3) is 0.458. The van der Waals surface area contributed by atoms with E-state index in [4.69, 9.17) is 4.74 Å². The maximum atomic E-state index is 13.5. The molecule has 0 saturated carbocycles. The van der Waals surface area contributed by atoms with Crippen molar-refractivity contribution in [2.75, 3.05) is 19.6 Å². The van der Waals surface area contributed by atoms with Crippen molar-refractivity contribution in [2.45, 2.75) is 38.0 Å². The molecule has 1 N–H and O–H groups in total. The predicted octanol–water partition coefficient (Wildman–Crippen LogP) is 1.63. The number of hydrogen-bond acceptors (Lipinski definition) is 4. The van der Waals surface area contributed by atoms with Crippen molar-refractivity contribution in [1.29, 1.82) is 0 Å². The minimum Gasteiger partial charge on any atom is -0.360 e. The zero-order chi connectivity index (χ0) is 21.2. The third kappa shape index (κ3) is 2.86. The molecule has 7 heteroatoms. The van der Waals surface area contributed by atoms with Crippen LogP contribution in [0.15, 0.2) is 42.6 Å². The molecule has 4 atom stereocenters. The summed E-state index contributed by atoms with van der Waals surface area (Å²) < 4.78 is 6.29. The highest BCUT2D eigenvalue weighted by atomic mass is 16.5. The van der Waals surface area contributed by atoms with Crippen LogP contribution in [0.4, 0.5) is 0 Å². The number of ether oxygens (including phenoxy) is 1. The van der Waals surface area contributed by atoms with Gasteiger partial charge in [-0.15, -0.1) is 0 Å². The Morgan fingerprint density at radius 2 is 2.16 bits per heavy atom. The molecular weight excluding hydrogens is 392 g/mol. The number of hydrogen-bond donors (Lipinski definition) is 1. The molecule has 2 saturated heterocycles. The summed E-state index contributed by atoms with van der Waals surface area (Å²) in [6, 6.07) is 8.43. The number of rotatable bonds is 4. The lowest BCUT2D eigenvalue weighted by molar-refractivity contribution is -0.143. The Bertz CT molecular complexity index is 1070. The number of aryl methyl sites for hydroxylation is 1. The SMILES string of the molecule is Cc1ccc(CCN2C[C@]34C=C[C@H](O3)[C@H](C(=O)N3CCc5[nH]ncc5C3)[C@H]4C2=O)cc1. The fourth-order valence-electron chi connectivity index (χ4n) is 5.69. The topological polar surface area (TPSA) is 78.5 Å². The van der Waals surface area contributed by atoms with Crippen molar-refractivity contribution in [2.24, 2.45) is 11.8 Å². The van der Waals surface area contributed by atoms with Gasteiger partial charge in [0.2, 0.25) is 11.8 Å². The van der Waals surface area contributed by atoms with Gasteiger partial charge in [0.25, 0.3) is 0 Å². The first kappa shape index (κ1) is 18.8. The lowest BCUT2D eigenvalue weighted by Crippen LogP contribution is -2.47. The van der Waals surface area contributed by atoms with Gasteiger partial charge < -0.3 is 14.5 Å². The number of benzene rings is 1. The van der Waals surface area contributed by atoms with E-state index >= 15 is 0 Å². The summed E-state index contributed by atoms with van der Waals surface area (Å²) in [6.07, 6.45) is 7.08. The highest BCUT2D eigenvalue weighted by Gasteiger charge is 2.67. The van der Waals surface area contributed by atoms with Crippen LogP contribution in [-0.4, -0.2) is 63.2 Å². The van der Waals surface area contributed by atoms with Crippen LogP contribution in [0.1, 0.15) is 22.4 Å². The van der Waals surface area contributed by atoms with Gasteiger partial charge in [-0.25, -0.2) is 0 Å². The van der Waals surface area contributed by atoms with Crippen LogP contribution in [0.3, 0.4) is 0 Å². The number of H-pyrrole nitrogens is 1. The average molecular weight is 418 g/mol. The van der Waals surface area contributed by atoms with Crippen LogP contribution in [0.2, 0.25) is 0 Å². The second-order valence-corrected chi connectivity index (χ2v) is 9.28. The monoisotopic (exact) mass is 418 g/mol. The van der Waals surface area contributed by atoms with Gasteiger partial charge in [-0.2, -0.15) is 5.10 Å². The van der Waals surface area contributed by atoms with Crippen molar-refractivity contribution in [3.8, 4) is 0 Å². The molecule has 4 aliphatic heterocycles. The van der Waals surface area contributed by atoms with Crippen LogP contribution in [0.25, 0.3) is 0 Å². The van der Waals surface area contributed by atoms with Gasteiger partial charge >= 0.3 is 0 Å². The van der Waals surface area contributed by atoms with Crippen molar-refractivity contribution in [3.63, 3.8) is 0 Å². The quantitative estimate of drug-likeness (QED) is 0.766. The molecule has 2 amide bonds.